The first-order valence-corrected chi connectivity index (χ1v) is 16.2. The summed E-state index contributed by atoms with van der Waals surface area (Å²) in [5.74, 6) is 0.831. The van der Waals surface area contributed by atoms with Crippen molar-refractivity contribution in [3.05, 3.63) is 47.0 Å². The lowest BCUT2D eigenvalue weighted by Crippen LogP contribution is -2.29. The maximum atomic E-state index is 13.8. The topological polar surface area (TPSA) is 26.3 Å². The molecule has 0 amide bonds. The molecule has 2 aromatic carbocycles. The molecule has 2 nitrogen and oxygen atoms in total. The monoisotopic (exact) mass is 552 g/mol. The number of fused-ring (bicyclic) bond motifs is 3. The molecule has 0 bridgehead atoms. The Balaban J connectivity index is 2.29. The predicted molar refractivity (Wildman–Crippen MR) is 172 cm³/mol. The molecule has 3 rings (SSSR count). The normalized spacial score (nSPS) is 16.9. The predicted octanol–water partition coefficient (Wildman–Crippen LogP) is 11.0. The van der Waals surface area contributed by atoms with Gasteiger partial charge >= 0.3 is 0 Å². The van der Waals surface area contributed by atoms with Crippen LogP contribution in [0.2, 0.25) is 0 Å². The summed E-state index contributed by atoms with van der Waals surface area (Å²) in [6, 6.07) is 11.4. The van der Waals surface area contributed by atoms with Crippen LogP contribution in [0.1, 0.15) is 140 Å². The summed E-state index contributed by atoms with van der Waals surface area (Å²) in [6.45, 7) is 34.7. The molecule has 0 N–H and O–H groups in total. The van der Waals surface area contributed by atoms with Gasteiger partial charge in [-0.15, -0.1) is 0 Å². The molecule has 0 aromatic heterocycles. The minimum Gasteiger partial charge on any atom is -0.441 e. The van der Waals surface area contributed by atoms with Gasteiger partial charge in [-0.25, -0.2) is 0 Å². The van der Waals surface area contributed by atoms with Crippen LogP contribution in [-0.2, 0) is 20.8 Å². The Morgan fingerprint density at radius 1 is 0.564 bits per heavy atom. The standard InChI is InChI=1S/C36H57O2P/c1-31(2,3)21-34(10,11)24-16-17-26-27-18-25(35(12,13)22-32(4,5)6)19-28(36(14,15)23-33(7,8)9)30(27)38-39(37)29(26)20-24/h16-20,39H,21-23H2,1-15H3. The van der Waals surface area contributed by atoms with Crippen LogP contribution in [0.4, 0.5) is 0 Å². The van der Waals surface area contributed by atoms with Crippen molar-refractivity contribution in [2.75, 3.05) is 0 Å². The molecule has 0 spiro atoms. The maximum Gasteiger partial charge on any atom is 0.266 e. The molecule has 0 radical (unpaired) electrons. The second-order valence-corrected chi connectivity index (χ2v) is 19.2. The Labute approximate surface area is 241 Å². The maximum absolute atomic E-state index is 13.8. The zero-order chi connectivity index (χ0) is 30.0. The van der Waals surface area contributed by atoms with Crippen molar-refractivity contribution in [3.63, 3.8) is 0 Å². The van der Waals surface area contributed by atoms with Gasteiger partial charge in [0.2, 0.25) is 0 Å². The van der Waals surface area contributed by atoms with Gasteiger partial charge in [-0.3, -0.25) is 4.57 Å². The van der Waals surface area contributed by atoms with Crippen LogP contribution in [0.5, 0.6) is 5.75 Å². The highest BCUT2D eigenvalue weighted by Crippen LogP contribution is 2.53. The molecule has 0 saturated carbocycles. The average Bonchev–Trinajstić information content (AvgIpc) is 2.67. The highest BCUT2D eigenvalue weighted by molar-refractivity contribution is 7.49. The molecule has 2 aromatic rings. The Morgan fingerprint density at radius 2 is 1.03 bits per heavy atom. The zero-order valence-corrected chi connectivity index (χ0v) is 28.8. The van der Waals surface area contributed by atoms with E-state index in [-0.39, 0.29) is 32.5 Å². The van der Waals surface area contributed by atoms with Crippen molar-refractivity contribution in [3.8, 4) is 16.9 Å². The van der Waals surface area contributed by atoms with Crippen LogP contribution in [0.15, 0.2) is 30.3 Å². The van der Waals surface area contributed by atoms with Gasteiger partial charge in [0.05, 0.1) is 5.30 Å². The van der Waals surface area contributed by atoms with Gasteiger partial charge in [0.1, 0.15) is 5.75 Å². The number of benzene rings is 2. The van der Waals surface area contributed by atoms with Crippen LogP contribution >= 0.6 is 8.03 Å². The Bertz CT molecular complexity index is 1240. The van der Waals surface area contributed by atoms with E-state index in [0.717, 1.165) is 41.4 Å². The molecular weight excluding hydrogens is 495 g/mol. The summed E-state index contributed by atoms with van der Waals surface area (Å²) in [4.78, 5) is 0. The van der Waals surface area contributed by atoms with Crippen molar-refractivity contribution < 1.29 is 9.09 Å². The smallest absolute Gasteiger partial charge is 0.266 e. The van der Waals surface area contributed by atoms with Gasteiger partial charge in [0.25, 0.3) is 8.03 Å². The van der Waals surface area contributed by atoms with Crippen molar-refractivity contribution in [2.45, 2.75) is 139 Å². The lowest BCUT2D eigenvalue weighted by atomic mass is 9.68. The highest BCUT2D eigenvalue weighted by atomic mass is 31.1. The van der Waals surface area contributed by atoms with Gasteiger partial charge in [-0.05, 0) is 80.6 Å². The molecular formula is C36H57O2P. The average molecular weight is 553 g/mol. The van der Waals surface area contributed by atoms with E-state index >= 15 is 0 Å². The fourth-order valence-corrected chi connectivity index (χ4v) is 8.85. The molecule has 0 saturated heterocycles. The summed E-state index contributed by atoms with van der Waals surface area (Å²) in [6.07, 6.45) is 3.13. The van der Waals surface area contributed by atoms with Crippen LogP contribution in [0.25, 0.3) is 11.1 Å². The summed E-state index contributed by atoms with van der Waals surface area (Å²) >= 11 is 0. The second-order valence-electron chi connectivity index (χ2n) is 17.9. The fraction of sp³-hybridized carbons (Fsp3) is 0.667. The van der Waals surface area contributed by atoms with E-state index in [1.807, 2.05) is 0 Å². The zero-order valence-electron chi connectivity index (χ0n) is 27.8. The highest BCUT2D eigenvalue weighted by Gasteiger charge is 2.38. The van der Waals surface area contributed by atoms with Crippen molar-refractivity contribution in [1.29, 1.82) is 0 Å². The lowest BCUT2D eigenvalue weighted by molar-refractivity contribution is 0.277. The van der Waals surface area contributed by atoms with E-state index in [0.29, 0.717) is 0 Å². The Morgan fingerprint density at radius 3 is 1.51 bits per heavy atom. The number of hydrogen-bond donors (Lipinski definition) is 0. The van der Waals surface area contributed by atoms with Gasteiger partial charge in [-0.1, -0.05) is 122 Å². The Kier molecular flexibility index (Phi) is 8.27. The number of hydrogen-bond acceptors (Lipinski definition) is 2. The molecule has 3 heteroatoms. The van der Waals surface area contributed by atoms with Crippen LogP contribution in [-0.4, -0.2) is 0 Å². The lowest BCUT2D eigenvalue weighted by Gasteiger charge is -2.39. The molecule has 1 atom stereocenters. The minimum atomic E-state index is -2.44. The second kappa shape index (κ2) is 10.1. The quantitative estimate of drug-likeness (QED) is 0.333. The SMILES string of the molecule is CC(C)(C)CC(C)(C)c1ccc2c(c1)[PH](=O)Oc1c-2cc(C(C)(C)CC(C)(C)C)cc1C(C)(C)CC(C)(C)C. The van der Waals surface area contributed by atoms with Crippen LogP contribution < -0.4 is 9.83 Å². The summed E-state index contributed by atoms with van der Waals surface area (Å²) in [5.41, 5.74) is 6.33. The van der Waals surface area contributed by atoms with Gasteiger partial charge in [-0.2, -0.15) is 0 Å². The van der Waals surface area contributed by atoms with E-state index in [2.05, 4.69) is 134 Å². The first-order valence-electron chi connectivity index (χ1n) is 14.9. The number of rotatable bonds is 6. The van der Waals surface area contributed by atoms with E-state index in [9.17, 15) is 4.57 Å². The molecule has 1 aliphatic heterocycles. The first-order chi connectivity index (χ1) is 17.3. The van der Waals surface area contributed by atoms with E-state index in [1.54, 1.807) is 0 Å². The third kappa shape index (κ3) is 7.61. The van der Waals surface area contributed by atoms with E-state index in [1.165, 1.54) is 16.7 Å². The van der Waals surface area contributed by atoms with Crippen molar-refractivity contribution in [1.82, 2.24) is 0 Å². The summed E-state index contributed by atoms with van der Waals surface area (Å²) < 4.78 is 20.3. The Hall–Kier alpha value is -1.53. The van der Waals surface area contributed by atoms with Crippen molar-refractivity contribution >= 4 is 13.3 Å². The molecule has 1 unspecified atom stereocenters. The molecule has 1 heterocycles. The first kappa shape index (κ1) is 32.0. The summed E-state index contributed by atoms with van der Waals surface area (Å²) in [5, 5.41) is 0.873. The van der Waals surface area contributed by atoms with Crippen molar-refractivity contribution in [2.24, 2.45) is 16.2 Å². The molecule has 0 fully saturated rings. The minimum absolute atomic E-state index is 0.0165. The molecule has 0 aliphatic carbocycles. The summed E-state index contributed by atoms with van der Waals surface area (Å²) in [7, 11) is -2.44. The van der Waals surface area contributed by atoms with E-state index < -0.39 is 8.03 Å². The molecule has 1 aliphatic rings. The largest absolute Gasteiger partial charge is 0.441 e. The molecule has 39 heavy (non-hydrogen) atoms. The fourth-order valence-electron chi connectivity index (χ4n) is 7.63. The third-order valence-corrected chi connectivity index (χ3v) is 9.27. The van der Waals surface area contributed by atoms with E-state index in [4.69, 9.17) is 4.52 Å². The third-order valence-electron chi connectivity index (χ3n) is 8.02. The van der Waals surface area contributed by atoms with Gasteiger partial charge < -0.3 is 4.52 Å². The van der Waals surface area contributed by atoms with Crippen LogP contribution in [0.3, 0.4) is 0 Å². The van der Waals surface area contributed by atoms with Crippen LogP contribution in [0, 0.1) is 16.2 Å². The van der Waals surface area contributed by atoms with Gasteiger partial charge in [0.15, 0.2) is 0 Å². The molecule has 218 valence electrons. The van der Waals surface area contributed by atoms with Gasteiger partial charge in [0, 0.05) is 11.1 Å².